The van der Waals surface area contributed by atoms with E-state index in [1.807, 2.05) is 31.4 Å². The number of halogens is 2. The highest BCUT2D eigenvalue weighted by molar-refractivity contribution is 5.86. The molecule has 21 heavy (non-hydrogen) atoms. The Morgan fingerprint density at radius 2 is 1.76 bits per heavy atom. The molecule has 0 bridgehead atoms. The highest BCUT2D eigenvalue weighted by Crippen LogP contribution is 2.25. The van der Waals surface area contributed by atoms with Crippen LogP contribution in [-0.4, -0.2) is 12.0 Å². The molecule has 3 aromatic rings. The van der Waals surface area contributed by atoms with E-state index in [0.29, 0.717) is 5.69 Å². The zero-order chi connectivity index (χ0) is 14.8. The Kier molecular flexibility index (Phi) is 3.58. The number of aromatic nitrogens is 1. The summed E-state index contributed by atoms with van der Waals surface area (Å²) in [5.74, 6) is -1.71. The topological polar surface area (TPSA) is 39.9 Å². The zero-order valence-corrected chi connectivity index (χ0v) is 11.5. The fourth-order valence-corrected chi connectivity index (χ4v) is 2.34. The summed E-state index contributed by atoms with van der Waals surface area (Å²) in [6.07, 6.45) is 1.96. The number of anilines is 2. The van der Waals surface area contributed by atoms with Crippen molar-refractivity contribution in [1.82, 2.24) is 10.3 Å². The second kappa shape index (κ2) is 5.54. The number of aromatic amines is 1. The molecule has 3 rings (SSSR count). The summed E-state index contributed by atoms with van der Waals surface area (Å²) in [5, 5.41) is 7.32. The van der Waals surface area contributed by atoms with Crippen molar-refractivity contribution in [3.8, 4) is 0 Å². The summed E-state index contributed by atoms with van der Waals surface area (Å²) in [7, 11) is 1.90. The molecule has 0 aliphatic heterocycles. The summed E-state index contributed by atoms with van der Waals surface area (Å²) in [5.41, 5.74) is 3.50. The minimum Gasteiger partial charge on any atom is -0.361 e. The SMILES string of the molecule is CNCc1c[nH]c2cc(Nc3ccc(F)c(F)c3)ccc12. The summed E-state index contributed by atoms with van der Waals surface area (Å²) in [4.78, 5) is 3.21. The van der Waals surface area contributed by atoms with Crippen LogP contribution in [0.15, 0.2) is 42.6 Å². The van der Waals surface area contributed by atoms with E-state index in [2.05, 4.69) is 15.6 Å². The van der Waals surface area contributed by atoms with Gasteiger partial charge in [-0.05, 0) is 36.9 Å². The molecule has 0 saturated heterocycles. The molecule has 108 valence electrons. The van der Waals surface area contributed by atoms with Gasteiger partial charge in [0.15, 0.2) is 11.6 Å². The van der Waals surface area contributed by atoms with Gasteiger partial charge in [-0.1, -0.05) is 6.07 Å². The monoisotopic (exact) mass is 287 g/mol. The lowest BCUT2D eigenvalue weighted by atomic mass is 10.1. The fraction of sp³-hybridized carbons (Fsp3) is 0.125. The number of fused-ring (bicyclic) bond motifs is 1. The highest BCUT2D eigenvalue weighted by Gasteiger charge is 2.06. The third-order valence-electron chi connectivity index (χ3n) is 3.34. The Labute approximate surface area is 121 Å². The number of H-pyrrole nitrogens is 1. The van der Waals surface area contributed by atoms with Crippen molar-refractivity contribution in [2.75, 3.05) is 12.4 Å². The lowest BCUT2D eigenvalue weighted by Gasteiger charge is -2.07. The van der Waals surface area contributed by atoms with Crippen LogP contribution in [0.1, 0.15) is 5.56 Å². The minimum absolute atomic E-state index is 0.509. The number of hydrogen-bond acceptors (Lipinski definition) is 2. The molecule has 0 fully saturated rings. The molecule has 0 unspecified atom stereocenters. The molecule has 1 heterocycles. The first kappa shape index (κ1) is 13.6. The Morgan fingerprint density at radius 3 is 2.52 bits per heavy atom. The molecule has 0 radical (unpaired) electrons. The van der Waals surface area contributed by atoms with Crippen molar-refractivity contribution in [1.29, 1.82) is 0 Å². The maximum absolute atomic E-state index is 13.2. The van der Waals surface area contributed by atoms with E-state index in [1.54, 1.807) is 0 Å². The van der Waals surface area contributed by atoms with Crippen LogP contribution in [0.2, 0.25) is 0 Å². The van der Waals surface area contributed by atoms with E-state index in [0.717, 1.165) is 35.3 Å². The maximum Gasteiger partial charge on any atom is 0.160 e. The third-order valence-corrected chi connectivity index (χ3v) is 3.34. The Bertz CT molecular complexity index is 780. The van der Waals surface area contributed by atoms with E-state index in [4.69, 9.17) is 0 Å². The van der Waals surface area contributed by atoms with Gasteiger partial charge in [0.25, 0.3) is 0 Å². The smallest absolute Gasteiger partial charge is 0.160 e. The van der Waals surface area contributed by atoms with Crippen LogP contribution >= 0.6 is 0 Å². The van der Waals surface area contributed by atoms with Crippen molar-refractivity contribution in [3.05, 3.63) is 59.8 Å². The van der Waals surface area contributed by atoms with Gasteiger partial charge in [0.05, 0.1) is 0 Å². The normalized spacial score (nSPS) is 11.0. The molecule has 3 N–H and O–H groups in total. The summed E-state index contributed by atoms with van der Waals surface area (Å²) < 4.78 is 26.1. The number of nitrogens with one attached hydrogen (secondary N) is 3. The van der Waals surface area contributed by atoms with Crippen molar-refractivity contribution >= 4 is 22.3 Å². The molecule has 1 aromatic heterocycles. The van der Waals surface area contributed by atoms with Crippen LogP contribution in [0, 0.1) is 11.6 Å². The molecule has 0 atom stereocenters. The molecule has 0 amide bonds. The Balaban J connectivity index is 1.89. The summed E-state index contributed by atoms with van der Waals surface area (Å²) >= 11 is 0. The van der Waals surface area contributed by atoms with Gasteiger partial charge < -0.3 is 15.6 Å². The van der Waals surface area contributed by atoms with E-state index in [1.165, 1.54) is 11.6 Å². The van der Waals surface area contributed by atoms with E-state index < -0.39 is 11.6 Å². The first-order chi connectivity index (χ1) is 10.2. The second-order valence-electron chi connectivity index (χ2n) is 4.86. The molecule has 0 saturated carbocycles. The summed E-state index contributed by atoms with van der Waals surface area (Å²) in [6, 6.07) is 9.60. The lowest BCUT2D eigenvalue weighted by molar-refractivity contribution is 0.509. The van der Waals surface area contributed by atoms with Crippen LogP contribution in [0.5, 0.6) is 0 Å². The average Bonchev–Trinajstić information content (AvgIpc) is 2.86. The van der Waals surface area contributed by atoms with Gasteiger partial charge in [0, 0.05) is 41.1 Å². The van der Waals surface area contributed by atoms with Crippen molar-refractivity contribution in [2.24, 2.45) is 0 Å². The van der Waals surface area contributed by atoms with Gasteiger partial charge in [0.2, 0.25) is 0 Å². The van der Waals surface area contributed by atoms with Gasteiger partial charge in [-0.15, -0.1) is 0 Å². The average molecular weight is 287 g/mol. The quantitative estimate of drug-likeness (QED) is 0.681. The van der Waals surface area contributed by atoms with Gasteiger partial charge in [-0.25, -0.2) is 8.78 Å². The van der Waals surface area contributed by atoms with Crippen LogP contribution in [0.4, 0.5) is 20.2 Å². The van der Waals surface area contributed by atoms with Crippen LogP contribution in [0.3, 0.4) is 0 Å². The first-order valence-corrected chi connectivity index (χ1v) is 6.64. The predicted octanol–water partition coefficient (Wildman–Crippen LogP) is 3.91. The standard InChI is InChI=1S/C16H15F2N3/c1-19-8-10-9-20-16-7-12(2-4-13(10)16)21-11-3-5-14(17)15(18)6-11/h2-7,9,19-21H,8H2,1H3. The molecule has 0 aliphatic rings. The maximum atomic E-state index is 13.2. The van der Waals surface area contributed by atoms with Gasteiger partial charge in [0.1, 0.15) is 0 Å². The van der Waals surface area contributed by atoms with Gasteiger partial charge >= 0.3 is 0 Å². The Morgan fingerprint density at radius 1 is 1.00 bits per heavy atom. The summed E-state index contributed by atoms with van der Waals surface area (Å²) in [6.45, 7) is 0.788. The van der Waals surface area contributed by atoms with E-state index >= 15 is 0 Å². The van der Waals surface area contributed by atoms with Gasteiger partial charge in [-0.2, -0.15) is 0 Å². The highest BCUT2D eigenvalue weighted by atomic mass is 19.2. The van der Waals surface area contributed by atoms with E-state index in [-0.39, 0.29) is 0 Å². The molecule has 0 aliphatic carbocycles. The van der Waals surface area contributed by atoms with Gasteiger partial charge in [-0.3, -0.25) is 0 Å². The fourth-order valence-electron chi connectivity index (χ4n) is 2.34. The molecular weight excluding hydrogens is 272 g/mol. The lowest BCUT2D eigenvalue weighted by Crippen LogP contribution is -2.03. The van der Waals surface area contributed by atoms with Crippen molar-refractivity contribution in [2.45, 2.75) is 6.54 Å². The van der Waals surface area contributed by atoms with Crippen LogP contribution in [0.25, 0.3) is 10.9 Å². The van der Waals surface area contributed by atoms with Crippen molar-refractivity contribution in [3.63, 3.8) is 0 Å². The zero-order valence-electron chi connectivity index (χ0n) is 11.5. The molecule has 5 heteroatoms. The van der Waals surface area contributed by atoms with E-state index in [9.17, 15) is 8.78 Å². The first-order valence-electron chi connectivity index (χ1n) is 6.64. The molecular formula is C16H15F2N3. The van der Waals surface area contributed by atoms with Crippen LogP contribution < -0.4 is 10.6 Å². The molecule has 2 aromatic carbocycles. The van der Waals surface area contributed by atoms with Crippen LogP contribution in [-0.2, 0) is 6.54 Å². The molecule has 3 nitrogen and oxygen atoms in total. The number of rotatable bonds is 4. The largest absolute Gasteiger partial charge is 0.361 e. The third kappa shape index (κ3) is 2.73. The van der Waals surface area contributed by atoms with Crippen molar-refractivity contribution < 1.29 is 8.78 Å². The Hall–Kier alpha value is -2.40. The second-order valence-corrected chi connectivity index (χ2v) is 4.86. The number of benzene rings is 2. The minimum atomic E-state index is -0.864. The number of hydrogen-bond donors (Lipinski definition) is 3. The predicted molar refractivity (Wildman–Crippen MR) is 80.7 cm³/mol. The molecule has 0 spiro atoms.